The SMILES string of the molecule is O=C(O)c1ccc2c(c1F)CCCC(c1ccc(Cl)cc1Cl)=C2c1ccc(OC2CCN(CCCF)C2)cc1. The Balaban J connectivity index is 1.54. The third-order valence-electron chi connectivity index (χ3n) is 7.44. The highest BCUT2D eigenvalue weighted by atomic mass is 35.5. The molecule has 5 rings (SSSR count). The third kappa shape index (κ3) is 5.98. The summed E-state index contributed by atoms with van der Waals surface area (Å²) in [5.74, 6) is -1.26. The Bertz CT molecular complexity index is 1410. The predicted molar refractivity (Wildman–Crippen MR) is 151 cm³/mol. The van der Waals surface area contributed by atoms with Crippen LogP contribution in [0.2, 0.25) is 10.0 Å². The van der Waals surface area contributed by atoms with Gasteiger partial charge in [0.15, 0.2) is 0 Å². The number of aromatic carboxylic acids is 1. The highest BCUT2D eigenvalue weighted by molar-refractivity contribution is 6.36. The minimum Gasteiger partial charge on any atom is -0.489 e. The Morgan fingerprint density at radius 2 is 1.82 bits per heavy atom. The van der Waals surface area contributed by atoms with E-state index in [9.17, 15) is 14.3 Å². The Morgan fingerprint density at radius 3 is 2.54 bits per heavy atom. The van der Waals surface area contributed by atoms with Crippen LogP contribution in [0.15, 0.2) is 54.6 Å². The lowest BCUT2D eigenvalue weighted by Gasteiger charge is -2.19. The van der Waals surface area contributed by atoms with Gasteiger partial charge in [0.05, 0.1) is 12.2 Å². The number of rotatable bonds is 8. The van der Waals surface area contributed by atoms with Crippen molar-refractivity contribution in [3.8, 4) is 5.75 Å². The lowest BCUT2D eigenvalue weighted by Crippen LogP contribution is -2.26. The van der Waals surface area contributed by atoms with Gasteiger partial charge < -0.3 is 9.84 Å². The van der Waals surface area contributed by atoms with E-state index in [1.54, 1.807) is 18.2 Å². The summed E-state index contributed by atoms with van der Waals surface area (Å²) in [4.78, 5) is 13.9. The maximum absolute atomic E-state index is 15.4. The van der Waals surface area contributed by atoms with Crippen molar-refractivity contribution in [1.29, 1.82) is 0 Å². The van der Waals surface area contributed by atoms with Crippen molar-refractivity contribution in [2.24, 2.45) is 0 Å². The van der Waals surface area contributed by atoms with Crippen molar-refractivity contribution < 1.29 is 23.4 Å². The van der Waals surface area contributed by atoms with E-state index in [1.165, 1.54) is 6.07 Å². The van der Waals surface area contributed by atoms with Crippen LogP contribution in [0.3, 0.4) is 0 Å². The van der Waals surface area contributed by atoms with Crippen molar-refractivity contribution >= 4 is 40.3 Å². The number of carboxylic acid groups (broad SMARTS) is 1. The Kier molecular flexibility index (Phi) is 8.55. The summed E-state index contributed by atoms with van der Waals surface area (Å²) in [5, 5.41) is 10.5. The van der Waals surface area contributed by atoms with E-state index in [0.29, 0.717) is 46.9 Å². The first-order valence-corrected chi connectivity index (χ1v) is 13.9. The average Bonchev–Trinajstić information content (AvgIpc) is 3.26. The fourth-order valence-corrected chi connectivity index (χ4v) is 6.12. The molecule has 1 aliphatic carbocycles. The molecule has 0 aromatic heterocycles. The van der Waals surface area contributed by atoms with Crippen molar-refractivity contribution in [2.75, 3.05) is 26.3 Å². The summed E-state index contributed by atoms with van der Waals surface area (Å²) in [6.07, 6.45) is 3.13. The molecule has 204 valence electrons. The molecule has 3 aromatic rings. The highest BCUT2D eigenvalue weighted by Gasteiger charge is 2.27. The number of allylic oxidation sites excluding steroid dienone is 1. The van der Waals surface area contributed by atoms with Crippen molar-refractivity contribution in [3.05, 3.63) is 98.3 Å². The fourth-order valence-electron chi connectivity index (χ4n) is 5.60. The van der Waals surface area contributed by atoms with Crippen LogP contribution in [0.25, 0.3) is 11.1 Å². The standard InChI is InChI=1S/C31H29Cl2F2NO3/c32-20-7-10-23(28(33)17-20)24-3-1-4-26-25(11-12-27(30(26)35)31(37)38)29(24)19-5-8-21(9-6-19)39-22-13-16-36(18-22)15-2-14-34/h5-12,17,22H,1-4,13-16,18H2,(H,37,38). The molecule has 1 fully saturated rings. The molecule has 1 N–H and O–H groups in total. The number of halogens is 4. The van der Waals surface area contributed by atoms with Crippen LogP contribution in [0.5, 0.6) is 5.75 Å². The van der Waals surface area contributed by atoms with Gasteiger partial charge in [-0.15, -0.1) is 0 Å². The zero-order chi connectivity index (χ0) is 27.5. The van der Waals surface area contributed by atoms with E-state index >= 15 is 4.39 Å². The lowest BCUT2D eigenvalue weighted by atomic mass is 9.87. The summed E-state index contributed by atoms with van der Waals surface area (Å²) in [6.45, 7) is 2.08. The number of carboxylic acids is 1. The first-order chi connectivity index (χ1) is 18.9. The maximum Gasteiger partial charge on any atom is 0.338 e. The van der Waals surface area contributed by atoms with E-state index in [2.05, 4.69) is 4.90 Å². The molecule has 8 heteroatoms. The zero-order valence-corrected chi connectivity index (χ0v) is 22.9. The maximum atomic E-state index is 15.4. The molecule has 1 atom stereocenters. The van der Waals surface area contributed by atoms with Crippen LogP contribution in [0.4, 0.5) is 8.78 Å². The summed E-state index contributed by atoms with van der Waals surface area (Å²) in [7, 11) is 0. The van der Waals surface area contributed by atoms with E-state index < -0.39 is 11.8 Å². The van der Waals surface area contributed by atoms with Gasteiger partial charge in [0.2, 0.25) is 0 Å². The molecule has 2 aliphatic rings. The van der Waals surface area contributed by atoms with Gasteiger partial charge in [-0.25, -0.2) is 9.18 Å². The molecule has 39 heavy (non-hydrogen) atoms. The molecule has 1 aliphatic heterocycles. The topological polar surface area (TPSA) is 49.8 Å². The molecule has 0 spiro atoms. The predicted octanol–water partition coefficient (Wildman–Crippen LogP) is 7.94. The minimum absolute atomic E-state index is 0.0419. The van der Waals surface area contributed by atoms with Crippen LogP contribution < -0.4 is 4.74 Å². The smallest absolute Gasteiger partial charge is 0.338 e. The van der Waals surface area contributed by atoms with Gasteiger partial charge in [-0.3, -0.25) is 9.29 Å². The number of hydrogen-bond donors (Lipinski definition) is 1. The zero-order valence-electron chi connectivity index (χ0n) is 21.4. The van der Waals surface area contributed by atoms with Crippen LogP contribution >= 0.6 is 23.2 Å². The Morgan fingerprint density at radius 1 is 1.05 bits per heavy atom. The number of carbonyl (C=O) groups is 1. The quantitative estimate of drug-likeness (QED) is 0.298. The lowest BCUT2D eigenvalue weighted by molar-refractivity contribution is 0.0691. The molecule has 0 amide bonds. The number of fused-ring (bicyclic) bond motifs is 1. The van der Waals surface area contributed by atoms with Gasteiger partial charge in [0.25, 0.3) is 0 Å². The van der Waals surface area contributed by atoms with Crippen LogP contribution in [0.1, 0.15) is 58.3 Å². The van der Waals surface area contributed by atoms with Gasteiger partial charge in [0, 0.05) is 29.7 Å². The van der Waals surface area contributed by atoms with Crippen molar-refractivity contribution in [3.63, 3.8) is 0 Å². The summed E-state index contributed by atoms with van der Waals surface area (Å²) in [6, 6.07) is 16.1. The van der Waals surface area contributed by atoms with Crippen LogP contribution in [-0.4, -0.2) is 48.4 Å². The fraction of sp³-hybridized carbons (Fsp3) is 0.323. The second-order valence-corrected chi connectivity index (χ2v) is 10.8. The second-order valence-electron chi connectivity index (χ2n) is 9.99. The Hall–Kier alpha value is -2.93. The van der Waals surface area contributed by atoms with Gasteiger partial charge in [-0.2, -0.15) is 0 Å². The summed E-state index contributed by atoms with van der Waals surface area (Å²) in [5.41, 5.74) is 4.14. The monoisotopic (exact) mass is 571 g/mol. The normalized spacial score (nSPS) is 17.7. The number of nitrogens with zero attached hydrogens (tertiary/aromatic N) is 1. The molecule has 0 saturated carbocycles. The molecule has 4 nitrogen and oxygen atoms in total. The molecule has 0 radical (unpaired) electrons. The molecule has 1 saturated heterocycles. The number of likely N-dealkylation sites (tertiary alicyclic amines) is 1. The van der Waals surface area contributed by atoms with Gasteiger partial charge in [0.1, 0.15) is 17.7 Å². The first kappa shape index (κ1) is 27.6. The molecule has 1 unspecified atom stereocenters. The van der Waals surface area contributed by atoms with E-state index in [-0.39, 0.29) is 18.3 Å². The third-order valence-corrected chi connectivity index (χ3v) is 7.99. The summed E-state index contributed by atoms with van der Waals surface area (Å²) >= 11 is 12.8. The molecular weight excluding hydrogens is 543 g/mol. The average molecular weight is 572 g/mol. The largest absolute Gasteiger partial charge is 0.489 e. The number of hydrogen-bond acceptors (Lipinski definition) is 3. The minimum atomic E-state index is -1.29. The summed E-state index contributed by atoms with van der Waals surface area (Å²) < 4.78 is 34.2. The number of ether oxygens (including phenoxy) is 1. The number of benzene rings is 3. The second kappa shape index (κ2) is 12.1. The van der Waals surface area contributed by atoms with Gasteiger partial charge >= 0.3 is 5.97 Å². The van der Waals surface area contributed by atoms with Gasteiger partial charge in [-0.1, -0.05) is 47.5 Å². The van der Waals surface area contributed by atoms with Gasteiger partial charge in [-0.05, 0) is 95.8 Å². The van der Waals surface area contributed by atoms with Crippen molar-refractivity contribution in [1.82, 2.24) is 4.90 Å². The first-order valence-electron chi connectivity index (χ1n) is 13.1. The van der Waals surface area contributed by atoms with E-state index in [1.807, 2.05) is 30.3 Å². The van der Waals surface area contributed by atoms with Crippen LogP contribution in [-0.2, 0) is 6.42 Å². The molecule has 0 bridgehead atoms. The van der Waals surface area contributed by atoms with E-state index in [4.69, 9.17) is 27.9 Å². The molecule has 1 heterocycles. The van der Waals surface area contributed by atoms with Crippen molar-refractivity contribution in [2.45, 2.75) is 38.2 Å². The Labute approximate surface area is 236 Å². The van der Waals surface area contributed by atoms with Crippen LogP contribution in [0, 0.1) is 5.82 Å². The number of alkyl halides is 1. The highest BCUT2D eigenvalue weighted by Crippen LogP contribution is 2.43. The molecule has 3 aromatic carbocycles. The van der Waals surface area contributed by atoms with E-state index in [0.717, 1.165) is 54.1 Å². The molecular formula is C31H29Cl2F2NO3.